The number of aliphatic hydroxyl groups is 16. The molecule has 21 unspecified atom stereocenters. The molecule has 13 rings (SSSR count). The van der Waals surface area contributed by atoms with Gasteiger partial charge >= 0.3 is 0 Å². The summed E-state index contributed by atoms with van der Waals surface area (Å²) in [6, 6.07) is 51.0. The van der Waals surface area contributed by atoms with E-state index in [9.17, 15) is 91.2 Å². The largest absolute Gasteiger partial charge is 0.756 e. The van der Waals surface area contributed by atoms with Crippen molar-refractivity contribution in [2.75, 3.05) is 128 Å². The predicted octanol–water partition coefficient (Wildman–Crippen LogP) is -4.36. The van der Waals surface area contributed by atoms with Crippen molar-refractivity contribution >= 4 is 30.1 Å². The lowest BCUT2D eigenvalue weighted by molar-refractivity contribution is -0.320. The Labute approximate surface area is 738 Å². The highest BCUT2D eigenvalue weighted by atomic mass is 31.2. The van der Waals surface area contributed by atoms with Gasteiger partial charge in [-0.25, -0.2) is 0 Å². The zero-order chi connectivity index (χ0) is 91.4. The Morgan fingerprint density at radius 1 is 0.328 bits per heavy atom. The highest BCUT2D eigenvalue weighted by Gasteiger charge is 2.50. The fourth-order valence-corrected chi connectivity index (χ4v) is 17.3. The van der Waals surface area contributed by atoms with Crippen molar-refractivity contribution in [2.45, 2.75) is 149 Å². The van der Waals surface area contributed by atoms with E-state index in [1.165, 1.54) is 16.7 Å². The van der Waals surface area contributed by atoms with Gasteiger partial charge in [0.1, 0.15) is 97.7 Å². The molecule has 9 heterocycles. The van der Waals surface area contributed by atoms with Gasteiger partial charge in [-0.1, -0.05) is 97.1 Å². The highest BCUT2D eigenvalue weighted by Crippen LogP contribution is 2.42. The predicted molar refractivity (Wildman–Crippen MR) is 455 cm³/mol. The van der Waals surface area contributed by atoms with Gasteiger partial charge in [0.2, 0.25) is 0 Å². The number of aromatic amines is 4. The van der Waals surface area contributed by atoms with Gasteiger partial charge in [-0.15, -0.1) is 0 Å². The number of nitrogens with zero attached hydrogens (tertiary/aromatic N) is 3. The van der Waals surface area contributed by atoms with Gasteiger partial charge in [-0.2, -0.15) is 0 Å². The molecule has 37 nitrogen and oxygen atoms in total. The second-order valence-corrected chi connectivity index (χ2v) is 35.1. The SMILES string of the molecule is CN(C)Cc1ccc(C2=c3ccc([nH]3)=C(c3ccc(COCCOCCOP(=O)([O-])OCC(C(COC4OC(CO)C(O)C(O)C4O)COC4OC(CO)C(O)C(O)C4O)C(COC4OC(CO)C(O)C(O)C4O)COC4OC(CO)C(O)C(O)C4O)cc3)c3ccc([nH]3)C(c3ccc(CN(C)C)cc3)=c3ccc([nH]3)=C(c3ccc(CN(C)C)cc3)c3ccc2[nH]3)cc1. The molecule has 4 saturated heterocycles. The first-order chi connectivity index (χ1) is 61.4. The molecule has 8 aromatic rings. The summed E-state index contributed by atoms with van der Waals surface area (Å²) in [5, 5.41) is 174. The lowest BCUT2D eigenvalue weighted by atomic mass is 9.83. The van der Waals surface area contributed by atoms with Gasteiger partial charge < -0.3 is 178 Å². The zero-order valence-electron chi connectivity index (χ0n) is 71.8. The standard InChI is InChI=1S/C90H120N7O30P/c1-95(2)35-48-7-15-52(16-8-48)71-59-23-25-61(91-59)72(53-17-9-49(10-18-53)36-96(3)4)63-27-29-65(93-63)74(66-30-28-64(94-66)73(62-26-24-60(71)92-62)54-19-11-50(12-20-54)37-97(5)6)55-21-13-51(14-22-55)42-117-32-31-116-33-34-122-128(114,115)123-47-58(56(43-118-87-83(110)79(106)75(102)67(38-98)124-87)44-119-88-84(111)80(107)76(103)68(39-99)125-88)57(45-120-89-85(112)81(108)77(104)69(40-100)126-89)46-121-90-86(113)82(109)78(105)70(41-101)127-90/h7-30,56-58,67-70,75-94,98-113H,31-47H2,1-6H3,(H,114,115)/p-1. The Morgan fingerprint density at radius 3 is 0.867 bits per heavy atom. The maximum absolute atomic E-state index is 14.1. The summed E-state index contributed by atoms with van der Waals surface area (Å²) in [5.41, 5.74) is 15.6. The van der Waals surface area contributed by atoms with E-state index in [0.717, 1.165) is 114 Å². The van der Waals surface area contributed by atoms with E-state index in [2.05, 4.69) is 170 Å². The molecule has 21 atom stereocenters. The number of phosphoric ester groups is 1. The number of hydrogen-bond donors (Lipinski definition) is 20. The molecular formula is C90H119N7O30P-. The number of rotatable bonds is 40. The Bertz CT molecular complexity index is 4980. The van der Waals surface area contributed by atoms with Crippen LogP contribution in [0.3, 0.4) is 0 Å². The molecule has 0 amide bonds. The van der Waals surface area contributed by atoms with Crippen LogP contribution in [0.2, 0.25) is 0 Å². The van der Waals surface area contributed by atoms with Crippen molar-refractivity contribution in [1.29, 1.82) is 0 Å². The third kappa shape index (κ3) is 23.7. The minimum atomic E-state index is -5.54. The molecule has 5 aliphatic heterocycles. The Balaban J connectivity index is 0.744. The number of aliphatic hydroxyl groups excluding tert-OH is 16. The van der Waals surface area contributed by atoms with Crippen LogP contribution in [0.4, 0.5) is 0 Å². The van der Waals surface area contributed by atoms with Gasteiger partial charge in [0.05, 0.1) is 92.5 Å². The molecule has 0 spiro atoms. The number of phosphoric acid groups is 1. The molecule has 4 fully saturated rings. The van der Waals surface area contributed by atoms with E-state index in [-0.39, 0.29) is 26.4 Å². The molecule has 20 N–H and O–H groups in total. The highest BCUT2D eigenvalue weighted by molar-refractivity contribution is 7.45. The van der Waals surface area contributed by atoms with E-state index >= 15 is 0 Å². The van der Waals surface area contributed by atoms with Crippen LogP contribution in [0, 0.1) is 17.8 Å². The van der Waals surface area contributed by atoms with E-state index in [4.69, 9.17) is 56.4 Å². The molecule has 0 aliphatic carbocycles. The van der Waals surface area contributed by atoms with Gasteiger partial charge in [0.15, 0.2) is 25.2 Å². The molecule has 0 radical (unpaired) electrons. The van der Waals surface area contributed by atoms with E-state index < -0.39 is 214 Å². The number of nitrogens with one attached hydrogen (secondary N) is 4. The van der Waals surface area contributed by atoms with E-state index in [0.29, 0.717) is 0 Å². The van der Waals surface area contributed by atoms with Crippen molar-refractivity contribution < 1.29 is 148 Å². The summed E-state index contributed by atoms with van der Waals surface area (Å²) in [6.07, 6.45) is -37.4. The van der Waals surface area contributed by atoms with Crippen LogP contribution in [-0.2, 0) is 87.2 Å². The van der Waals surface area contributed by atoms with Gasteiger partial charge in [0, 0.05) is 97.9 Å². The number of aromatic nitrogens is 4. The molecule has 0 saturated carbocycles. The van der Waals surface area contributed by atoms with Crippen LogP contribution in [-0.4, -0.2) is 367 Å². The van der Waals surface area contributed by atoms with Crippen molar-refractivity contribution in [3.8, 4) is 0 Å². The van der Waals surface area contributed by atoms with Gasteiger partial charge in [-0.05, 0) is 141 Å². The Kier molecular flexibility index (Phi) is 34.3. The van der Waals surface area contributed by atoms with E-state index in [1.807, 2.05) is 52.5 Å². The molecular weight excluding hydrogens is 1690 g/mol. The molecule has 5 aliphatic rings. The summed E-state index contributed by atoms with van der Waals surface area (Å²) < 4.78 is 83.3. The van der Waals surface area contributed by atoms with Gasteiger partial charge in [0.25, 0.3) is 7.82 Å². The quantitative estimate of drug-likeness (QED) is 0.0127. The first-order valence-corrected chi connectivity index (χ1v) is 43.9. The third-order valence-electron chi connectivity index (χ3n) is 23.4. The van der Waals surface area contributed by atoms with Crippen LogP contribution < -0.4 is 26.3 Å². The summed E-state index contributed by atoms with van der Waals surface area (Å²) in [6.45, 7) is -6.57. The summed E-state index contributed by atoms with van der Waals surface area (Å²) in [7, 11) is 6.77. The molecule has 8 bridgehead atoms. The normalized spacial score (nSPS) is 28.3. The fraction of sp³-hybridized carbons (Fsp3) is 0.511. The maximum atomic E-state index is 14.1. The number of benzene rings is 4. The zero-order valence-corrected chi connectivity index (χ0v) is 72.7. The average molecular weight is 1810 g/mol. The van der Waals surface area contributed by atoms with Crippen molar-refractivity contribution in [2.24, 2.45) is 17.8 Å². The monoisotopic (exact) mass is 1810 g/mol. The Hall–Kier alpha value is -7.57. The van der Waals surface area contributed by atoms with Crippen LogP contribution >= 0.6 is 7.82 Å². The molecule has 4 aromatic carbocycles. The Morgan fingerprint density at radius 2 is 0.594 bits per heavy atom. The minimum Gasteiger partial charge on any atom is -0.756 e. The van der Waals surface area contributed by atoms with Crippen LogP contribution in [0.15, 0.2) is 146 Å². The lowest BCUT2D eigenvalue weighted by Crippen LogP contribution is -2.60. The maximum Gasteiger partial charge on any atom is 0.267 e. The molecule has 128 heavy (non-hydrogen) atoms. The third-order valence-corrected chi connectivity index (χ3v) is 24.4. The fourth-order valence-electron chi connectivity index (χ4n) is 16.5. The van der Waals surface area contributed by atoms with Crippen LogP contribution in [0.25, 0.3) is 22.3 Å². The first kappa shape index (κ1) is 97.9. The van der Waals surface area contributed by atoms with E-state index in [1.54, 1.807) is 0 Å². The summed E-state index contributed by atoms with van der Waals surface area (Å²) in [5.74, 6) is -4.62. The smallest absolute Gasteiger partial charge is 0.267 e. The van der Waals surface area contributed by atoms with Crippen molar-refractivity contribution in [3.63, 3.8) is 0 Å². The van der Waals surface area contributed by atoms with Crippen molar-refractivity contribution in [1.82, 2.24) is 34.6 Å². The molecule has 700 valence electrons. The molecule has 4 aromatic heterocycles. The number of ether oxygens (including phenoxy) is 10. The first-order valence-electron chi connectivity index (χ1n) is 42.5. The second-order valence-electron chi connectivity index (χ2n) is 33.7. The van der Waals surface area contributed by atoms with Crippen molar-refractivity contribution in [3.05, 3.63) is 234 Å². The molecule has 38 heteroatoms. The van der Waals surface area contributed by atoms with Crippen LogP contribution in [0.5, 0.6) is 0 Å². The minimum absolute atomic E-state index is 0.0287. The number of fused-ring (bicyclic) bond motifs is 8. The average Bonchev–Trinajstić information content (AvgIpc) is 1.61. The summed E-state index contributed by atoms with van der Waals surface area (Å²) >= 11 is 0. The lowest BCUT2D eigenvalue weighted by Gasteiger charge is -2.43. The second kappa shape index (κ2) is 44.8. The summed E-state index contributed by atoms with van der Waals surface area (Å²) in [4.78, 5) is 36.1. The number of hydrogen-bond acceptors (Lipinski definition) is 33. The van der Waals surface area contributed by atoms with Gasteiger partial charge in [-0.3, -0.25) is 4.57 Å². The number of H-pyrrole nitrogens is 4. The topological polar surface area (TPSA) is 547 Å². The van der Waals surface area contributed by atoms with Crippen LogP contribution in [0.1, 0.15) is 67.3 Å².